The standard InChI is InChI=1S/C15H23BrN2/c1-12-3-4-14(9-15(12)16)11-18-7-5-13(6-8-18)10-17-2/h3-4,9,13,17H,5-8,10-11H2,1-2H3. The number of nitrogens with zero attached hydrogens (tertiary/aromatic N) is 1. The summed E-state index contributed by atoms with van der Waals surface area (Å²) >= 11 is 3.61. The fourth-order valence-electron chi connectivity index (χ4n) is 2.63. The summed E-state index contributed by atoms with van der Waals surface area (Å²) in [6.45, 7) is 6.86. The van der Waals surface area contributed by atoms with Gasteiger partial charge in [0.15, 0.2) is 0 Å². The van der Waals surface area contributed by atoms with Crippen LogP contribution in [0.3, 0.4) is 0 Å². The van der Waals surface area contributed by atoms with Gasteiger partial charge in [0.25, 0.3) is 0 Å². The number of aryl methyl sites for hydroxylation is 1. The second-order valence-electron chi connectivity index (χ2n) is 5.36. The summed E-state index contributed by atoms with van der Waals surface area (Å²) in [5, 5.41) is 3.29. The highest BCUT2D eigenvalue weighted by molar-refractivity contribution is 9.10. The van der Waals surface area contributed by atoms with E-state index in [1.54, 1.807) is 0 Å². The first kappa shape index (κ1) is 14.0. The summed E-state index contributed by atoms with van der Waals surface area (Å²) in [5.74, 6) is 0.871. The van der Waals surface area contributed by atoms with Crippen LogP contribution in [0, 0.1) is 12.8 Å². The van der Waals surface area contributed by atoms with Crippen molar-refractivity contribution in [2.24, 2.45) is 5.92 Å². The van der Waals surface area contributed by atoms with Gasteiger partial charge in [0.2, 0.25) is 0 Å². The maximum Gasteiger partial charge on any atom is 0.0234 e. The van der Waals surface area contributed by atoms with Gasteiger partial charge in [-0.2, -0.15) is 0 Å². The summed E-state index contributed by atoms with van der Waals surface area (Å²) in [6.07, 6.45) is 2.65. The highest BCUT2D eigenvalue weighted by Gasteiger charge is 2.18. The van der Waals surface area contributed by atoms with E-state index in [1.165, 1.54) is 48.1 Å². The lowest BCUT2D eigenvalue weighted by Gasteiger charge is -2.32. The smallest absolute Gasteiger partial charge is 0.0234 e. The molecule has 0 aliphatic carbocycles. The lowest BCUT2D eigenvalue weighted by atomic mass is 9.96. The second-order valence-corrected chi connectivity index (χ2v) is 6.22. The molecule has 0 bridgehead atoms. The zero-order valence-electron chi connectivity index (χ0n) is 11.4. The molecular formula is C15H23BrN2. The molecule has 1 fully saturated rings. The summed E-state index contributed by atoms with van der Waals surface area (Å²) in [7, 11) is 2.05. The number of piperidine rings is 1. The van der Waals surface area contributed by atoms with Crippen LogP contribution in [-0.2, 0) is 6.54 Å². The lowest BCUT2D eigenvalue weighted by molar-refractivity contribution is 0.177. The van der Waals surface area contributed by atoms with Crippen molar-refractivity contribution in [3.8, 4) is 0 Å². The number of hydrogen-bond donors (Lipinski definition) is 1. The Balaban J connectivity index is 1.85. The van der Waals surface area contributed by atoms with Crippen LogP contribution in [0.15, 0.2) is 22.7 Å². The first-order valence-electron chi connectivity index (χ1n) is 6.81. The van der Waals surface area contributed by atoms with E-state index in [9.17, 15) is 0 Å². The lowest BCUT2D eigenvalue weighted by Crippen LogP contribution is -2.36. The Bertz CT molecular complexity index is 384. The zero-order chi connectivity index (χ0) is 13.0. The van der Waals surface area contributed by atoms with Gasteiger partial charge in [-0.3, -0.25) is 4.90 Å². The predicted molar refractivity (Wildman–Crippen MR) is 80.8 cm³/mol. The largest absolute Gasteiger partial charge is 0.319 e. The van der Waals surface area contributed by atoms with E-state index >= 15 is 0 Å². The first-order chi connectivity index (χ1) is 8.69. The molecule has 1 aromatic rings. The molecule has 18 heavy (non-hydrogen) atoms. The molecule has 3 heteroatoms. The van der Waals surface area contributed by atoms with Gasteiger partial charge in [-0.1, -0.05) is 28.1 Å². The Morgan fingerprint density at radius 2 is 2.06 bits per heavy atom. The average molecular weight is 311 g/mol. The molecule has 1 aliphatic rings. The van der Waals surface area contributed by atoms with Crippen LogP contribution < -0.4 is 5.32 Å². The van der Waals surface area contributed by atoms with E-state index in [4.69, 9.17) is 0 Å². The van der Waals surface area contributed by atoms with E-state index in [0.717, 1.165) is 12.5 Å². The first-order valence-corrected chi connectivity index (χ1v) is 7.60. The van der Waals surface area contributed by atoms with Gasteiger partial charge >= 0.3 is 0 Å². The molecule has 1 aliphatic heterocycles. The maximum atomic E-state index is 3.61. The van der Waals surface area contributed by atoms with Gasteiger partial charge in [0.05, 0.1) is 0 Å². The topological polar surface area (TPSA) is 15.3 Å². The number of likely N-dealkylation sites (tertiary alicyclic amines) is 1. The number of halogens is 1. The van der Waals surface area contributed by atoms with E-state index < -0.39 is 0 Å². The van der Waals surface area contributed by atoms with Crippen LogP contribution in [-0.4, -0.2) is 31.6 Å². The molecule has 2 nitrogen and oxygen atoms in total. The molecule has 1 heterocycles. The number of rotatable bonds is 4. The summed E-state index contributed by atoms with van der Waals surface area (Å²) < 4.78 is 1.23. The van der Waals surface area contributed by atoms with Crippen LogP contribution >= 0.6 is 15.9 Å². The maximum absolute atomic E-state index is 3.61. The molecule has 1 N–H and O–H groups in total. The molecular weight excluding hydrogens is 288 g/mol. The van der Waals surface area contributed by atoms with Gasteiger partial charge < -0.3 is 5.32 Å². The zero-order valence-corrected chi connectivity index (χ0v) is 13.0. The Morgan fingerprint density at radius 1 is 1.33 bits per heavy atom. The Morgan fingerprint density at radius 3 is 2.67 bits per heavy atom. The van der Waals surface area contributed by atoms with Gasteiger partial charge in [0.1, 0.15) is 0 Å². The summed E-state index contributed by atoms with van der Waals surface area (Å²) in [5.41, 5.74) is 2.73. The Labute approximate surface area is 119 Å². The predicted octanol–water partition coefficient (Wildman–Crippen LogP) is 3.19. The van der Waals surface area contributed by atoms with Crippen molar-refractivity contribution in [3.05, 3.63) is 33.8 Å². The Kier molecular flexibility index (Phi) is 5.22. The Hall–Kier alpha value is -0.380. The molecule has 0 atom stereocenters. The summed E-state index contributed by atoms with van der Waals surface area (Å²) in [6, 6.07) is 6.71. The highest BCUT2D eigenvalue weighted by atomic mass is 79.9. The monoisotopic (exact) mass is 310 g/mol. The van der Waals surface area contributed by atoms with Crippen molar-refractivity contribution in [3.63, 3.8) is 0 Å². The third kappa shape index (κ3) is 3.81. The van der Waals surface area contributed by atoms with Crippen molar-refractivity contribution in [2.45, 2.75) is 26.3 Å². The molecule has 0 saturated carbocycles. The minimum atomic E-state index is 0.871. The fraction of sp³-hybridized carbons (Fsp3) is 0.600. The molecule has 0 radical (unpaired) electrons. The van der Waals surface area contributed by atoms with Crippen molar-refractivity contribution in [1.82, 2.24) is 10.2 Å². The van der Waals surface area contributed by atoms with Crippen LogP contribution in [0.5, 0.6) is 0 Å². The molecule has 1 aromatic carbocycles. The van der Waals surface area contributed by atoms with Crippen LogP contribution in [0.2, 0.25) is 0 Å². The van der Waals surface area contributed by atoms with E-state index in [-0.39, 0.29) is 0 Å². The van der Waals surface area contributed by atoms with Crippen LogP contribution in [0.4, 0.5) is 0 Å². The normalized spacial score (nSPS) is 18.2. The van der Waals surface area contributed by atoms with Gasteiger partial charge in [-0.25, -0.2) is 0 Å². The molecule has 2 rings (SSSR count). The van der Waals surface area contributed by atoms with E-state index in [0.29, 0.717) is 0 Å². The molecule has 0 unspecified atom stereocenters. The average Bonchev–Trinajstić information content (AvgIpc) is 2.37. The van der Waals surface area contributed by atoms with Gasteiger partial charge in [-0.15, -0.1) is 0 Å². The van der Waals surface area contributed by atoms with Crippen molar-refractivity contribution in [1.29, 1.82) is 0 Å². The van der Waals surface area contributed by atoms with Crippen LogP contribution in [0.1, 0.15) is 24.0 Å². The van der Waals surface area contributed by atoms with Crippen molar-refractivity contribution in [2.75, 3.05) is 26.7 Å². The van der Waals surface area contributed by atoms with E-state index in [1.807, 2.05) is 0 Å². The highest BCUT2D eigenvalue weighted by Crippen LogP contribution is 2.21. The van der Waals surface area contributed by atoms with Gasteiger partial charge in [0, 0.05) is 11.0 Å². The molecule has 0 amide bonds. The third-order valence-electron chi connectivity index (χ3n) is 3.84. The summed E-state index contributed by atoms with van der Waals surface area (Å²) in [4.78, 5) is 2.57. The number of nitrogens with one attached hydrogen (secondary N) is 1. The molecule has 1 saturated heterocycles. The van der Waals surface area contributed by atoms with Gasteiger partial charge in [-0.05, 0) is 69.6 Å². The molecule has 100 valence electrons. The SMILES string of the molecule is CNCC1CCN(Cc2ccc(C)c(Br)c2)CC1. The molecule has 0 spiro atoms. The quantitative estimate of drug-likeness (QED) is 0.919. The number of benzene rings is 1. The van der Waals surface area contributed by atoms with E-state index in [2.05, 4.69) is 58.3 Å². The van der Waals surface area contributed by atoms with Crippen molar-refractivity contribution >= 4 is 15.9 Å². The number of hydrogen-bond acceptors (Lipinski definition) is 2. The minimum absolute atomic E-state index is 0.871. The minimum Gasteiger partial charge on any atom is -0.319 e. The van der Waals surface area contributed by atoms with Crippen molar-refractivity contribution < 1.29 is 0 Å². The fourth-order valence-corrected chi connectivity index (χ4v) is 3.06. The second kappa shape index (κ2) is 6.69. The van der Waals surface area contributed by atoms with Crippen LogP contribution in [0.25, 0.3) is 0 Å². The third-order valence-corrected chi connectivity index (χ3v) is 4.70. The molecule has 0 aromatic heterocycles.